The fraction of sp³-hybridized carbons (Fsp3) is 0.905. The minimum atomic E-state index is -1.11. The Bertz CT molecular complexity index is 603. The van der Waals surface area contributed by atoms with Gasteiger partial charge in [0.25, 0.3) is 0 Å². The summed E-state index contributed by atoms with van der Waals surface area (Å²) >= 11 is 0. The molecule has 0 aliphatic carbocycles. The zero-order valence-corrected chi connectivity index (χ0v) is 18.6. The van der Waals surface area contributed by atoms with E-state index in [1.807, 2.05) is 20.8 Å². The summed E-state index contributed by atoms with van der Waals surface area (Å²) in [4.78, 5) is 23.3. The monoisotopic (exact) mass is 447 g/mol. The highest BCUT2D eigenvalue weighted by Gasteiger charge is 2.46. The van der Waals surface area contributed by atoms with Gasteiger partial charge < -0.3 is 40.0 Å². The molecule has 2 fully saturated rings. The van der Waals surface area contributed by atoms with Gasteiger partial charge in [0.2, 0.25) is 5.91 Å². The zero-order chi connectivity index (χ0) is 23.3. The molecule has 0 bridgehead atoms. The summed E-state index contributed by atoms with van der Waals surface area (Å²) in [5.41, 5.74) is 0. The Labute approximate surface area is 182 Å². The van der Waals surface area contributed by atoms with Gasteiger partial charge in [-0.3, -0.25) is 4.79 Å². The Morgan fingerprint density at radius 1 is 0.839 bits per heavy atom. The van der Waals surface area contributed by atoms with Gasteiger partial charge in [0.05, 0.1) is 44.7 Å². The molecule has 0 radical (unpaired) electrons. The second-order valence-electron chi connectivity index (χ2n) is 8.86. The number of aliphatic hydroxyl groups excluding tert-OH is 3. The summed E-state index contributed by atoms with van der Waals surface area (Å²) in [5, 5.41) is 41.3. The number of hydrogen-bond acceptors (Lipinski definition) is 8. The van der Waals surface area contributed by atoms with Crippen molar-refractivity contribution in [1.82, 2.24) is 5.32 Å². The topological polar surface area (TPSA) is 155 Å². The van der Waals surface area contributed by atoms with Crippen molar-refractivity contribution >= 4 is 11.9 Å². The molecular weight excluding hydrogens is 410 g/mol. The van der Waals surface area contributed by atoms with E-state index in [0.29, 0.717) is 0 Å². The van der Waals surface area contributed by atoms with Gasteiger partial charge in [-0.15, -0.1) is 0 Å². The van der Waals surface area contributed by atoms with Gasteiger partial charge in [-0.05, 0) is 17.8 Å². The summed E-state index contributed by atoms with van der Waals surface area (Å²) in [6, 6.07) is -0.491. The Balaban J connectivity index is 2.07. The maximum Gasteiger partial charge on any atom is 0.333 e. The van der Waals surface area contributed by atoms with E-state index in [1.54, 1.807) is 0 Å². The second kappa shape index (κ2) is 11.5. The quantitative estimate of drug-likeness (QED) is 0.307. The number of aliphatic hydroxyl groups is 3. The first-order chi connectivity index (χ1) is 14.7. The molecule has 0 spiro atoms. The molecule has 2 aliphatic rings. The first-order valence-electron chi connectivity index (χ1n) is 10.9. The third kappa shape index (κ3) is 5.94. The minimum Gasteiger partial charge on any atom is -0.479 e. The molecule has 180 valence electrons. The molecule has 31 heavy (non-hydrogen) atoms. The smallest absolute Gasteiger partial charge is 0.333 e. The highest BCUT2D eigenvalue weighted by Crippen LogP contribution is 2.36. The van der Waals surface area contributed by atoms with E-state index in [2.05, 4.69) is 5.32 Å². The van der Waals surface area contributed by atoms with Crippen LogP contribution in [0.15, 0.2) is 0 Å². The van der Waals surface area contributed by atoms with Crippen molar-refractivity contribution in [3.05, 3.63) is 0 Å². The van der Waals surface area contributed by atoms with Crippen molar-refractivity contribution < 1.29 is 44.2 Å². The maximum atomic E-state index is 11.7. The molecular formula is C21H37NO9. The molecule has 0 saturated carbocycles. The lowest BCUT2D eigenvalue weighted by atomic mass is 9.76. The predicted octanol–water partition coefficient (Wildman–Crippen LogP) is -0.755. The van der Waals surface area contributed by atoms with Crippen molar-refractivity contribution in [2.45, 2.75) is 58.2 Å². The Morgan fingerprint density at radius 3 is 2.00 bits per heavy atom. The minimum absolute atomic E-state index is 0.0265. The van der Waals surface area contributed by atoms with E-state index in [0.717, 1.165) is 0 Å². The van der Waals surface area contributed by atoms with Crippen LogP contribution in [0.1, 0.15) is 27.7 Å². The lowest BCUT2D eigenvalue weighted by Crippen LogP contribution is -2.60. The summed E-state index contributed by atoms with van der Waals surface area (Å²) in [5.74, 6) is -2.34. The second-order valence-corrected chi connectivity index (χ2v) is 8.86. The van der Waals surface area contributed by atoms with Crippen LogP contribution < -0.4 is 5.32 Å². The molecule has 2 rings (SSSR count). The molecule has 2 saturated heterocycles. The van der Waals surface area contributed by atoms with Crippen LogP contribution in [0.5, 0.6) is 0 Å². The first-order valence-corrected chi connectivity index (χ1v) is 10.9. The molecule has 2 heterocycles. The molecule has 2 aliphatic heterocycles. The number of nitrogens with one attached hydrogen (secondary N) is 1. The number of ether oxygens (including phenoxy) is 3. The van der Waals surface area contributed by atoms with Crippen molar-refractivity contribution in [3.63, 3.8) is 0 Å². The summed E-state index contributed by atoms with van der Waals surface area (Å²) in [6.07, 6.45) is -2.73. The van der Waals surface area contributed by atoms with Crippen molar-refractivity contribution in [2.24, 2.45) is 29.6 Å². The zero-order valence-electron chi connectivity index (χ0n) is 18.6. The number of amides is 1. The predicted molar refractivity (Wildman–Crippen MR) is 109 cm³/mol. The summed E-state index contributed by atoms with van der Waals surface area (Å²) in [6.45, 7) is 6.70. The molecule has 0 aromatic rings. The van der Waals surface area contributed by atoms with E-state index >= 15 is 0 Å². The van der Waals surface area contributed by atoms with Gasteiger partial charge in [0.15, 0.2) is 6.10 Å². The van der Waals surface area contributed by atoms with Gasteiger partial charge in [-0.25, -0.2) is 4.79 Å². The number of aliphatic carboxylic acids is 1. The van der Waals surface area contributed by atoms with Gasteiger partial charge in [0.1, 0.15) is 6.10 Å². The maximum absolute atomic E-state index is 11.7. The van der Waals surface area contributed by atoms with Gasteiger partial charge in [-0.2, -0.15) is 0 Å². The van der Waals surface area contributed by atoms with Gasteiger partial charge in [0, 0.05) is 25.4 Å². The lowest BCUT2D eigenvalue weighted by molar-refractivity contribution is -0.197. The van der Waals surface area contributed by atoms with Crippen molar-refractivity contribution in [1.29, 1.82) is 0 Å². The fourth-order valence-electron chi connectivity index (χ4n) is 4.80. The Kier molecular flexibility index (Phi) is 9.66. The van der Waals surface area contributed by atoms with Crippen LogP contribution in [0, 0.1) is 29.6 Å². The Morgan fingerprint density at radius 2 is 1.48 bits per heavy atom. The highest BCUT2D eigenvalue weighted by atomic mass is 16.6. The van der Waals surface area contributed by atoms with Crippen LogP contribution in [-0.2, 0) is 23.8 Å². The fourth-order valence-corrected chi connectivity index (χ4v) is 4.80. The number of rotatable bonds is 9. The molecule has 0 aromatic heterocycles. The molecule has 0 aromatic carbocycles. The number of carboxylic acids is 1. The number of hydrogen-bond donors (Lipinski definition) is 5. The van der Waals surface area contributed by atoms with E-state index in [-0.39, 0.29) is 62.6 Å². The first kappa shape index (κ1) is 26.0. The third-order valence-corrected chi connectivity index (χ3v) is 7.05. The van der Waals surface area contributed by atoms with E-state index < -0.39 is 42.3 Å². The van der Waals surface area contributed by atoms with Crippen LogP contribution in [0.25, 0.3) is 0 Å². The molecule has 1 amide bonds. The molecule has 5 N–H and O–H groups in total. The van der Waals surface area contributed by atoms with Crippen molar-refractivity contribution in [2.75, 3.05) is 33.0 Å². The van der Waals surface area contributed by atoms with E-state index in [9.17, 15) is 30.0 Å². The molecule has 10 nitrogen and oxygen atoms in total. The number of carboxylic acid groups (broad SMARTS) is 1. The standard InChI is InChI=1S/C21H37NO9/c1-10-11(2)18(31-20(21(27)28)14(10)5-23)9-29-8-15-12(3)16(6-24)30-17(7-25)19(15)22-13(4)26/h10-12,14-20,23-25H,5-9H2,1-4H3,(H,22,26)(H,27,28)/t10?,11?,12-,14-,15?,16?,17-,18-,19?,20?/m0/s1. The number of carbonyl (C=O) groups is 2. The van der Waals surface area contributed by atoms with Crippen LogP contribution in [0.4, 0.5) is 0 Å². The van der Waals surface area contributed by atoms with Crippen LogP contribution in [-0.4, -0.2) is 95.8 Å². The highest BCUT2D eigenvalue weighted by molar-refractivity contribution is 5.73. The molecule has 6 unspecified atom stereocenters. The van der Waals surface area contributed by atoms with Gasteiger partial charge >= 0.3 is 5.97 Å². The van der Waals surface area contributed by atoms with Crippen LogP contribution in [0.2, 0.25) is 0 Å². The third-order valence-electron chi connectivity index (χ3n) is 7.05. The van der Waals surface area contributed by atoms with Gasteiger partial charge in [-0.1, -0.05) is 20.8 Å². The number of carbonyl (C=O) groups excluding carboxylic acids is 1. The normalized spacial score (nSPS) is 41.0. The van der Waals surface area contributed by atoms with Crippen LogP contribution >= 0.6 is 0 Å². The van der Waals surface area contributed by atoms with Crippen LogP contribution in [0.3, 0.4) is 0 Å². The summed E-state index contributed by atoms with van der Waals surface area (Å²) < 4.78 is 17.5. The lowest BCUT2D eigenvalue weighted by Gasteiger charge is -2.46. The average Bonchev–Trinajstić information content (AvgIpc) is 2.72. The molecule has 10 atom stereocenters. The Hall–Kier alpha value is -1.30. The summed E-state index contributed by atoms with van der Waals surface area (Å²) in [7, 11) is 0. The molecule has 10 heteroatoms. The van der Waals surface area contributed by atoms with E-state index in [1.165, 1.54) is 6.92 Å². The average molecular weight is 448 g/mol. The van der Waals surface area contributed by atoms with Crippen molar-refractivity contribution in [3.8, 4) is 0 Å². The van der Waals surface area contributed by atoms with E-state index in [4.69, 9.17) is 14.2 Å². The largest absolute Gasteiger partial charge is 0.479 e. The SMILES string of the molecule is CC(=O)NC1C(COC[C@@H]2OC(C(=O)O)[C@@H](CO)C(C)C2C)[C@H](C)C(CO)O[C@H]1CO.